The molecule has 0 saturated carbocycles. The summed E-state index contributed by atoms with van der Waals surface area (Å²) in [6, 6.07) is 6.99. The van der Waals surface area contributed by atoms with E-state index in [1.165, 1.54) is 11.1 Å². The van der Waals surface area contributed by atoms with E-state index in [1.54, 1.807) is 0 Å². The molecule has 0 saturated heterocycles. The van der Waals surface area contributed by atoms with Gasteiger partial charge >= 0.3 is 0 Å². The molecule has 78 valence electrons. The Morgan fingerprint density at radius 1 is 1.36 bits per heavy atom. The van der Waals surface area contributed by atoms with Gasteiger partial charge in [-0.25, -0.2) is 0 Å². The van der Waals surface area contributed by atoms with Gasteiger partial charge in [0.1, 0.15) is 0 Å². The monoisotopic (exact) mass is 255 g/mol. The first kappa shape index (κ1) is 11.7. The lowest BCUT2D eigenvalue weighted by Crippen LogP contribution is -2.20. The van der Waals surface area contributed by atoms with E-state index in [0.29, 0.717) is 6.04 Å². The van der Waals surface area contributed by atoms with E-state index in [-0.39, 0.29) is 0 Å². The lowest BCUT2D eigenvalue weighted by molar-refractivity contribution is 0.535. The smallest absolute Gasteiger partial charge is 0.0320 e. The molecule has 0 aliphatic carbocycles. The summed E-state index contributed by atoms with van der Waals surface area (Å²) in [5.41, 5.74) is 2.77. The normalized spacial score (nSPS) is 12.9. The molecule has 0 spiro atoms. The van der Waals surface area contributed by atoms with Crippen LogP contribution in [-0.4, -0.2) is 6.54 Å². The van der Waals surface area contributed by atoms with E-state index >= 15 is 0 Å². The molecular weight excluding hydrogens is 238 g/mol. The second kappa shape index (κ2) is 5.52. The standard InChI is InChI=1S/C12H18BrN/c1-4-12(14-5-2)11-7-6-10(13)8-9(11)3/h6-8,12,14H,4-5H2,1-3H3. The molecule has 0 aliphatic rings. The van der Waals surface area contributed by atoms with Crippen molar-refractivity contribution in [2.45, 2.75) is 33.2 Å². The third-order valence-corrected chi connectivity index (χ3v) is 2.96. The van der Waals surface area contributed by atoms with Gasteiger partial charge in [0.05, 0.1) is 0 Å². The maximum Gasteiger partial charge on any atom is 0.0320 e. The van der Waals surface area contributed by atoms with Crippen molar-refractivity contribution in [1.82, 2.24) is 5.32 Å². The van der Waals surface area contributed by atoms with Crippen molar-refractivity contribution in [3.05, 3.63) is 33.8 Å². The van der Waals surface area contributed by atoms with Crippen LogP contribution in [-0.2, 0) is 0 Å². The molecule has 2 heteroatoms. The number of nitrogens with one attached hydrogen (secondary N) is 1. The van der Waals surface area contributed by atoms with Crippen molar-refractivity contribution in [3.63, 3.8) is 0 Å². The summed E-state index contributed by atoms with van der Waals surface area (Å²) in [6.45, 7) is 7.56. The van der Waals surface area contributed by atoms with Crippen molar-refractivity contribution in [1.29, 1.82) is 0 Å². The first-order valence-electron chi connectivity index (χ1n) is 5.18. The molecule has 0 bridgehead atoms. The van der Waals surface area contributed by atoms with Crippen LogP contribution in [0.25, 0.3) is 0 Å². The number of halogens is 1. The minimum absolute atomic E-state index is 0.494. The van der Waals surface area contributed by atoms with E-state index in [0.717, 1.165) is 17.4 Å². The van der Waals surface area contributed by atoms with Crippen LogP contribution in [0.4, 0.5) is 0 Å². The zero-order chi connectivity index (χ0) is 10.6. The van der Waals surface area contributed by atoms with Crippen LogP contribution in [0, 0.1) is 6.92 Å². The van der Waals surface area contributed by atoms with Crippen molar-refractivity contribution < 1.29 is 0 Å². The fourth-order valence-electron chi connectivity index (χ4n) is 1.75. The molecule has 1 unspecified atom stereocenters. The lowest BCUT2D eigenvalue weighted by atomic mass is 9.99. The third kappa shape index (κ3) is 2.82. The molecule has 1 aromatic carbocycles. The Balaban J connectivity index is 2.92. The largest absolute Gasteiger partial charge is 0.310 e. The number of hydrogen-bond donors (Lipinski definition) is 1. The summed E-state index contributed by atoms with van der Waals surface area (Å²) in [7, 11) is 0. The van der Waals surface area contributed by atoms with E-state index in [4.69, 9.17) is 0 Å². The van der Waals surface area contributed by atoms with Gasteiger partial charge < -0.3 is 5.32 Å². The second-order valence-corrected chi connectivity index (χ2v) is 4.44. The summed E-state index contributed by atoms with van der Waals surface area (Å²) in [4.78, 5) is 0. The highest BCUT2D eigenvalue weighted by Gasteiger charge is 2.09. The Morgan fingerprint density at radius 3 is 2.57 bits per heavy atom. The van der Waals surface area contributed by atoms with Crippen LogP contribution in [0.1, 0.15) is 37.4 Å². The number of rotatable bonds is 4. The summed E-state index contributed by atoms with van der Waals surface area (Å²) < 4.78 is 1.16. The molecule has 1 N–H and O–H groups in total. The van der Waals surface area contributed by atoms with E-state index in [9.17, 15) is 0 Å². The van der Waals surface area contributed by atoms with Crippen LogP contribution in [0.5, 0.6) is 0 Å². The molecule has 0 aliphatic heterocycles. The van der Waals surface area contributed by atoms with E-state index in [1.807, 2.05) is 0 Å². The Hall–Kier alpha value is -0.340. The van der Waals surface area contributed by atoms with Gasteiger partial charge in [0.2, 0.25) is 0 Å². The quantitative estimate of drug-likeness (QED) is 0.863. The van der Waals surface area contributed by atoms with Gasteiger partial charge in [-0.2, -0.15) is 0 Å². The summed E-state index contributed by atoms with van der Waals surface area (Å²) >= 11 is 3.49. The molecule has 1 aromatic rings. The highest BCUT2D eigenvalue weighted by atomic mass is 79.9. The molecule has 0 aromatic heterocycles. The fraction of sp³-hybridized carbons (Fsp3) is 0.500. The predicted octanol–water partition coefficient (Wildman–Crippen LogP) is 3.82. The average Bonchev–Trinajstić information content (AvgIpc) is 2.15. The molecule has 1 atom stereocenters. The molecule has 0 fully saturated rings. The Morgan fingerprint density at radius 2 is 2.07 bits per heavy atom. The molecule has 14 heavy (non-hydrogen) atoms. The SMILES string of the molecule is CCNC(CC)c1ccc(Br)cc1C. The van der Waals surface area contributed by atoms with Crippen LogP contribution < -0.4 is 5.32 Å². The molecule has 0 amide bonds. The molecule has 0 heterocycles. The first-order chi connectivity index (χ1) is 6.69. The maximum atomic E-state index is 3.49. The Labute approximate surface area is 95.0 Å². The minimum Gasteiger partial charge on any atom is -0.310 e. The van der Waals surface area contributed by atoms with Crippen LogP contribution in [0.15, 0.2) is 22.7 Å². The van der Waals surface area contributed by atoms with Gasteiger partial charge in [-0.1, -0.05) is 35.8 Å². The van der Waals surface area contributed by atoms with Crippen molar-refractivity contribution in [2.75, 3.05) is 6.54 Å². The van der Waals surface area contributed by atoms with Crippen molar-refractivity contribution >= 4 is 15.9 Å². The second-order valence-electron chi connectivity index (χ2n) is 3.52. The summed E-state index contributed by atoms with van der Waals surface area (Å²) in [5, 5.41) is 3.49. The van der Waals surface area contributed by atoms with Crippen molar-refractivity contribution in [2.24, 2.45) is 0 Å². The average molecular weight is 256 g/mol. The van der Waals surface area contributed by atoms with Crippen LogP contribution >= 0.6 is 15.9 Å². The topological polar surface area (TPSA) is 12.0 Å². The molecule has 1 rings (SSSR count). The zero-order valence-corrected chi connectivity index (χ0v) is 10.7. The molecule has 1 nitrogen and oxygen atoms in total. The van der Waals surface area contributed by atoms with Gasteiger partial charge in [0, 0.05) is 10.5 Å². The Bertz CT molecular complexity index is 296. The van der Waals surface area contributed by atoms with Crippen molar-refractivity contribution in [3.8, 4) is 0 Å². The maximum absolute atomic E-state index is 3.49. The highest BCUT2D eigenvalue weighted by molar-refractivity contribution is 9.10. The van der Waals surface area contributed by atoms with Gasteiger partial charge in [0.15, 0.2) is 0 Å². The minimum atomic E-state index is 0.494. The lowest BCUT2D eigenvalue weighted by Gasteiger charge is -2.18. The molecule has 0 radical (unpaired) electrons. The number of benzene rings is 1. The van der Waals surface area contributed by atoms with Crippen LogP contribution in [0.2, 0.25) is 0 Å². The highest BCUT2D eigenvalue weighted by Crippen LogP contribution is 2.23. The zero-order valence-electron chi connectivity index (χ0n) is 9.10. The van der Waals surface area contributed by atoms with Gasteiger partial charge in [-0.15, -0.1) is 0 Å². The third-order valence-electron chi connectivity index (χ3n) is 2.47. The summed E-state index contributed by atoms with van der Waals surface area (Å²) in [6.07, 6.45) is 1.14. The number of hydrogen-bond acceptors (Lipinski definition) is 1. The Kier molecular flexibility index (Phi) is 4.63. The van der Waals surface area contributed by atoms with Gasteiger partial charge in [-0.05, 0) is 43.1 Å². The fourth-order valence-corrected chi connectivity index (χ4v) is 2.23. The predicted molar refractivity (Wildman–Crippen MR) is 65.6 cm³/mol. The van der Waals surface area contributed by atoms with Gasteiger partial charge in [0.25, 0.3) is 0 Å². The van der Waals surface area contributed by atoms with Crippen LogP contribution in [0.3, 0.4) is 0 Å². The number of aryl methyl sites for hydroxylation is 1. The van der Waals surface area contributed by atoms with Gasteiger partial charge in [-0.3, -0.25) is 0 Å². The van der Waals surface area contributed by atoms with E-state index in [2.05, 4.69) is 60.2 Å². The van der Waals surface area contributed by atoms with E-state index < -0.39 is 0 Å². The molecular formula is C12H18BrN. The summed E-state index contributed by atoms with van der Waals surface area (Å²) in [5.74, 6) is 0. The first-order valence-corrected chi connectivity index (χ1v) is 5.97.